The third-order valence-electron chi connectivity index (χ3n) is 7.01. The zero-order valence-corrected chi connectivity index (χ0v) is 30.1. The van der Waals surface area contributed by atoms with Crippen molar-refractivity contribution in [3.8, 4) is 0 Å². The molecule has 19 heteroatoms. The Bertz CT molecular complexity index is 1290. The number of aliphatic carboxylic acids is 2. The number of halogens is 2. The molecule has 2 heterocycles. The van der Waals surface area contributed by atoms with Crippen LogP contribution in [0.2, 0.25) is 0 Å². The monoisotopic (exact) mass is 764 g/mol. The van der Waals surface area contributed by atoms with Gasteiger partial charge in [0.05, 0.1) is 57.1 Å². The molecule has 0 aliphatic heterocycles. The van der Waals surface area contributed by atoms with E-state index >= 15 is 0 Å². The number of rotatable bonds is 18. The van der Waals surface area contributed by atoms with E-state index in [2.05, 4.69) is 30.6 Å². The number of hydrogen-bond donors (Lipinski definition) is 4. The van der Waals surface area contributed by atoms with Crippen molar-refractivity contribution in [1.82, 2.24) is 30.6 Å². The van der Waals surface area contributed by atoms with E-state index in [1.54, 1.807) is 24.8 Å². The van der Waals surface area contributed by atoms with Gasteiger partial charge in [0.25, 0.3) is 0 Å². The largest absolute Gasteiger partial charge is 0.480 e. The third kappa shape index (κ3) is 12.0. The van der Waals surface area contributed by atoms with Crippen LogP contribution in [0.1, 0.15) is 55.0 Å². The highest BCUT2D eigenvalue weighted by Gasteiger charge is 2.43. The molecule has 3 rings (SSSR count). The quantitative estimate of drug-likeness (QED) is 0.124. The predicted octanol–water partition coefficient (Wildman–Crippen LogP) is 4.26. The lowest BCUT2D eigenvalue weighted by atomic mass is 9.76. The van der Waals surface area contributed by atoms with Crippen LogP contribution in [0.3, 0.4) is 0 Å². The lowest BCUT2D eigenvalue weighted by molar-refractivity contribution is -0.141. The van der Waals surface area contributed by atoms with Gasteiger partial charge in [0.2, 0.25) is 11.8 Å². The van der Waals surface area contributed by atoms with Crippen LogP contribution in [0.5, 0.6) is 0 Å². The smallest absolute Gasteiger partial charge is 0.327 e. The van der Waals surface area contributed by atoms with Crippen molar-refractivity contribution in [3.63, 3.8) is 0 Å². The molecule has 1 fully saturated rings. The fourth-order valence-electron chi connectivity index (χ4n) is 4.98. The zero-order chi connectivity index (χ0) is 34.5. The van der Waals surface area contributed by atoms with Crippen LogP contribution in [0.4, 0.5) is 0 Å². The van der Waals surface area contributed by atoms with E-state index in [0.717, 1.165) is 0 Å². The minimum absolute atomic E-state index is 0.0335. The van der Waals surface area contributed by atoms with Gasteiger partial charge in [-0.2, -0.15) is 0 Å². The summed E-state index contributed by atoms with van der Waals surface area (Å²) in [5.41, 5.74) is 0.950. The molecule has 0 radical (unpaired) electrons. The first kappa shape index (κ1) is 39.1. The van der Waals surface area contributed by atoms with Crippen LogP contribution in [0.15, 0.2) is 34.8 Å². The highest BCUT2D eigenvalue weighted by Crippen LogP contribution is 2.48. The number of alkyl halides is 2. The highest BCUT2D eigenvalue weighted by atomic mass is 35.5. The SMILES string of the molecule is CC(=O)NC(CSC(c1cnc(SCCl)cn1)C1CCCC(C(SCC(NC(C)=O)C(=O)O)c2cnc(SCCl)cn2)C1=O)C(=O)O. The van der Waals surface area contributed by atoms with Crippen LogP contribution in [-0.4, -0.2) is 93.7 Å². The molecule has 2 amide bonds. The maximum Gasteiger partial charge on any atom is 0.327 e. The first-order valence-corrected chi connectivity index (χ1v) is 19.4. The molecule has 0 aromatic carbocycles. The van der Waals surface area contributed by atoms with Gasteiger partial charge in [-0.05, 0) is 12.8 Å². The molecule has 1 aliphatic rings. The molecule has 47 heavy (non-hydrogen) atoms. The van der Waals surface area contributed by atoms with Crippen LogP contribution >= 0.6 is 70.2 Å². The summed E-state index contributed by atoms with van der Waals surface area (Å²) in [7, 11) is 0. The van der Waals surface area contributed by atoms with Gasteiger partial charge >= 0.3 is 11.9 Å². The molecular formula is C28H34Cl2N6O7S4. The molecule has 6 atom stereocenters. The summed E-state index contributed by atoms with van der Waals surface area (Å²) < 4.78 is 0. The average Bonchev–Trinajstić information content (AvgIpc) is 3.02. The Labute approximate surface area is 298 Å². The standard InChI is InChI=1S/C28H34Cl2N6O7S4/c1-14(37)35-20(27(40)41)10-44-25(18-6-33-22(8-31-18)46-12-29)16-4-3-5-17(24(16)39)26(19-7-34-23(9-32-19)47-13-30)45-11-21(28(42)43)36-15(2)38/h6-9,16-17,20-21,25-26H,3-5,10-13H2,1-2H3,(H,35,37)(H,36,38)(H,40,41)(H,42,43). The Morgan fingerprint density at radius 3 is 1.47 bits per heavy atom. The second-order valence-electron chi connectivity index (χ2n) is 10.3. The van der Waals surface area contributed by atoms with Gasteiger partial charge in [0.1, 0.15) is 27.9 Å². The number of carbonyl (C=O) groups is 5. The Morgan fingerprint density at radius 2 is 1.17 bits per heavy atom. The predicted molar refractivity (Wildman–Crippen MR) is 184 cm³/mol. The second-order valence-corrected chi connectivity index (χ2v) is 15.8. The molecule has 4 N–H and O–H groups in total. The summed E-state index contributed by atoms with van der Waals surface area (Å²) in [5.74, 6) is -4.83. The number of thioether (sulfide) groups is 4. The molecule has 256 valence electrons. The van der Waals surface area contributed by atoms with Crippen molar-refractivity contribution in [3.05, 3.63) is 36.2 Å². The first-order chi connectivity index (χ1) is 22.4. The van der Waals surface area contributed by atoms with E-state index in [9.17, 15) is 34.2 Å². The topological polar surface area (TPSA) is 201 Å². The molecule has 1 saturated carbocycles. The van der Waals surface area contributed by atoms with Gasteiger partial charge < -0.3 is 20.8 Å². The number of carboxylic acid groups (broad SMARTS) is 2. The third-order valence-corrected chi connectivity index (χ3v) is 11.8. The van der Waals surface area contributed by atoms with Crippen molar-refractivity contribution in [2.45, 2.75) is 65.7 Å². The fraction of sp³-hybridized carbons (Fsp3) is 0.536. The van der Waals surface area contributed by atoms with E-state index in [-0.39, 0.29) is 27.7 Å². The molecule has 0 saturated heterocycles. The number of nitrogens with one attached hydrogen (secondary N) is 2. The van der Waals surface area contributed by atoms with Gasteiger partial charge in [0, 0.05) is 37.2 Å². The normalized spacial score (nSPS) is 18.9. The van der Waals surface area contributed by atoms with Crippen LogP contribution in [-0.2, 0) is 24.0 Å². The lowest BCUT2D eigenvalue weighted by Gasteiger charge is -2.36. The summed E-state index contributed by atoms with van der Waals surface area (Å²) >= 11 is 16.6. The Hall–Kier alpha value is -2.31. The van der Waals surface area contributed by atoms with E-state index in [4.69, 9.17) is 23.2 Å². The van der Waals surface area contributed by atoms with Gasteiger partial charge in [-0.25, -0.2) is 19.6 Å². The molecule has 2 aromatic rings. The Balaban J connectivity index is 1.98. The van der Waals surface area contributed by atoms with E-state index < -0.39 is 58.2 Å². The zero-order valence-electron chi connectivity index (χ0n) is 25.3. The van der Waals surface area contributed by atoms with Crippen molar-refractivity contribution < 1.29 is 34.2 Å². The Kier molecular flexibility index (Phi) is 16.3. The van der Waals surface area contributed by atoms with E-state index in [0.29, 0.717) is 40.7 Å². The van der Waals surface area contributed by atoms with Crippen molar-refractivity contribution in [2.75, 3.05) is 21.9 Å². The molecule has 0 bridgehead atoms. The molecule has 6 unspecified atom stereocenters. The summed E-state index contributed by atoms with van der Waals surface area (Å²) in [6.07, 6.45) is 7.81. The minimum Gasteiger partial charge on any atom is -0.480 e. The van der Waals surface area contributed by atoms with Gasteiger partial charge in [-0.3, -0.25) is 24.4 Å². The summed E-state index contributed by atoms with van der Waals surface area (Å²) in [5, 5.41) is 24.8. The summed E-state index contributed by atoms with van der Waals surface area (Å²) in [6.45, 7) is 2.46. The maximum absolute atomic E-state index is 14.5. The molecule has 1 aliphatic carbocycles. The van der Waals surface area contributed by atoms with Gasteiger partial charge in [0.15, 0.2) is 0 Å². The molecule has 0 spiro atoms. The van der Waals surface area contributed by atoms with Crippen LogP contribution in [0.25, 0.3) is 0 Å². The number of amides is 2. The fourth-order valence-corrected chi connectivity index (χ4v) is 9.23. The minimum atomic E-state index is -1.21. The number of hydrogen-bond acceptors (Lipinski definition) is 13. The average molecular weight is 766 g/mol. The number of carbonyl (C=O) groups excluding carboxylic acids is 3. The maximum atomic E-state index is 14.5. The van der Waals surface area contributed by atoms with Crippen LogP contribution in [0, 0.1) is 11.8 Å². The summed E-state index contributed by atoms with van der Waals surface area (Å²) in [6, 6.07) is -2.39. The van der Waals surface area contributed by atoms with Crippen molar-refractivity contribution >= 4 is 99.8 Å². The van der Waals surface area contributed by atoms with Gasteiger partial charge in [-0.15, -0.1) is 46.7 Å². The highest BCUT2D eigenvalue weighted by molar-refractivity contribution is 8.00. The molecule has 2 aromatic heterocycles. The van der Waals surface area contributed by atoms with Crippen molar-refractivity contribution in [1.29, 1.82) is 0 Å². The first-order valence-electron chi connectivity index (χ1n) is 14.2. The number of carboxylic acids is 2. The number of ketones is 1. The van der Waals surface area contributed by atoms with Crippen molar-refractivity contribution in [2.24, 2.45) is 11.8 Å². The molecule has 13 nitrogen and oxygen atoms in total. The molecular weight excluding hydrogens is 732 g/mol. The summed E-state index contributed by atoms with van der Waals surface area (Å²) in [4.78, 5) is 79.6. The van der Waals surface area contributed by atoms with Gasteiger partial charge in [-0.1, -0.05) is 29.9 Å². The van der Waals surface area contributed by atoms with E-state index in [1.807, 2.05) is 0 Å². The Morgan fingerprint density at radius 1 is 0.766 bits per heavy atom. The second kappa shape index (κ2) is 19.6. The number of nitrogens with zero attached hydrogens (tertiary/aromatic N) is 4. The number of aromatic nitrogens is 4. The van der Waals surface area contributed by atoms with Crippen LogP contribution < -0.4 is 10.6 Å². The number of Topliss-reactive ketones (excluding diaryl/α,β-unsaturated/α-hetero) is 1. The lowest BCUT2D eigenvalue weighted by Crippen LogP contribution is -2.42. The van der Waals surface area contributed by atoms with E-state index in [1.165, 1.54) is 60.9 Å².